The maximum Gasteiger partial charge on any atom is 0.255 e. The van der Waals surface area contributed by atoms with Gasteiger partial charge in [-0.3, -0.25) is 14.6 Å². The molecular formula is C25H33N5O2. The van der Waals surface area contributed by atoms with Gasteiger partial charge in [-0.2, -0.15) is 0 Å². The summed E-state index contributed by atoms with van der Waals surface area (Å²) in [6.45, 7) is 10.4. The maximum atomic E-state index is 13.3. The van der Waals surface area contributed by atoms with Crippen LogP contribution in [0.15, 0.2) is 48.8 Å². The molecule has 2 amide bonds. The number of para-hydroxylation sites is 2. The molecule has 0 bridgehead atoms. The topological polar surface area (TPSA) is 71.3 Å². The van der Waals surface area contributed by atoms with Crippen molar-refractivity contribution in [1.29, 1.82) is 0 Å². The molecule has 0 aliphatic carbocycles. The van der Waals surface area contributed by atoms with Crippen molar-refractivity contribution in [2.24, 2.45) is 11.8 Å². The average Bonchev–Trinajstić information content (AvgIpc) is 3.09. The Labute approximate surface area is 190 Å². The van der Waals surface area contributed by atoms with E-state index in [-0.39, 0.29) is 18.4 Å². The van der Waals surface area contributed by atoms with Crippen LogP contribution in [0.1, 0.15) is 43.9 Å². The predicted molar refractivity (Wildman–Crippen MR) is 126 cm³/mol. The van der Waals surface area contributed by atoms with Gasteiger partial charge in [0.2, 0.25) is 5.91 Å². The summed E-state index contributed by atoms with van der Waals surface area (Å²) in [6, 6.07) is 11.3. The molecule has 0 spiro atoms. The number of pyridine rings is 1. The molecule has 0 aliphatic heterocycles. The van der Waals surface area contributed by atoms with Crippen LogP contribution in [-0.2, 0) is 17.9 Å². The molecule has 0 unspecified atom stereocenters. The molecule has 3 rings (SSSR count). The van der Waals surface area contributed by atoms with E-state index in [4.69, 9.17) is 4.98 Å². The highest BCUT2D eigenvalue weighted by molar-refractivity contribution is 5.93. The highest BCUT2D eigenvalue weighted by Crippen LogP contribution is 2.19. The van der Waals surface area contributed by atoms with Crippen LogP contribution in [0.5, 0.6) is 0 Å². The Hall–Kier alpha value is -3.22. The fourth-order valence-corrected chi connectivity index (χ4v) is 3.81. The van der Waals surface area contributed by atoms with Gasteiger partial charge in [-0.1, -0.05) is 39.8 Å². The molecule has 3 aromatic rings. The van der Waals surface area contributed by atoms with E-state index in [9.17, 15) is 9.59 Å². The third-order valence-corrected chi connectivity index (χ3v) is 5.18. The molecule has 7 heteroatoms. The predicted octanol–water partition coefficient (Wildman–Crippen LogP) is 3.84. The van der Waals surface area contributed by atoms with Gasteiger partial charge in [0.25, 0.3) is 5.91 Å². The van der Waals surface area contributed by atoms with E-state index in [2.05, 4.69) is 32.7 Å². The van der Waals surface area contributed by atoms with E-state index in [1.165, 1.54) is 0 Å². The summed E-state index contributed by atoms with van der Waals surface area (Å²) in [6.07, 6.45) is 3.20. The number of fused-ring (bicyclic) bond motifs is 1. The zero-order valence-electron chi connectivity index (χ0n) is 19.7. The molecular weight excluding hydrogens is 402 g/mol. The van der Waals surface area contributed by atoms with Crippen molar-refractivity contribution in [2.75, 3.05) is 20.1 Å². The first-order chi connectivity index (χ1) is 15.3. The smallest absolute Gasteiger partial charge is 0.255 e. The van der Waals surface area contributed by atoms with Crippen LogP contribution in [0, 0.1) is 11.8 Å². The zero-order chi connectivity index (χ0) is 23.3. The number of carbonyl (C=O) groups is 2. The van der Waals surface area contributed by atoms with Crippen LogP contribution >= 0.6 is 0 Å². The Balaban J connectivity index is 1.88. The number of nitrogens with zero attached hydrogens (tertiary/aromatic N) is 5. The number of rotatable bonds is 9. The second-order valence-electron chi connectivity index (χ2n) is 9.09. The summed E-state index contributed by atoms with van der Waals surface area (Å²) in [5, 5.41) is 0. The van der Waals surface area contributed by atoms with Gasteiger partial charge in [-0.25, -0.2) is 4.98 Å². The Kier molecular flexibility index (Phi) is 7.62. The SMILES string of the molecule is CC(C)CN(CC(C)C)C(=O)Cn1c(CN(C)C(=O)c2cccnc2)nc2ccccc21. The molecule has 1 aromatic carbocycles. The molecule has 0 saturated carbocycles. The van der Waals surface area contributed by atoms with Crippen LogP contribution in [0.25, 0.3) is 11.0 Å². The summed E-state index contributed by atoms with van der Waals surface area (Å²) in [5.74, 6) is 1.40. The van der Waals surface area contributed by atoms with Gasteiger partial charge >= 0.3 is 0 Å². The lowest BCUT2D eigenvalue weighted by Crippen LogP contribution is -2.39. The summed E-state index contributed by atoms with van der Waals surface area (Å²) in [4.78, 5) is 38.5. The van der Waals surface area contributed by atoms with Crippen molar-refractivity contribution < 1.29 is 9.59 Å². The van der Waals surface area contributed by atoms with Gasteiger partial charge in [-0.15, -0.1) is 0 Å². The first kappa shape index (κ1) is 23.4. The lowest BCUT2D eigenvalue weighted by atomic mass is 10.1. The Morgan fingerprint density at radius 1 is 1.00 bits per heavy atom. The molecule has 170 valence electrons. The second kappa shape index (κ2) is 10.4. The Morgan fingerprint density at radius 2 is 1.69 bits per heavy atom. The second-order valence-corrected chi connectivity index (χ2v) is 9.09. The minimum atomic E-state index is -0.135. The van der Waals surface area contributed by atoms with Gasteiger partial charge in [0.15, 0.2) is 0 Å². The summed E-state index contributed by atoms with van der Waals surface area (Å²) in [5.41, 5.74) is 2.23. The van der Waals surface area contributed by atoms with Crippen LogP contribution in [0.2, 0.25) is 0 Å². The lowest BCUT2D eigenvalue weighted by molar-refractivity contribution is -0.132. The average molecular weight is 436 g/mol. The first-order valence-electron chi connectivity index (χ1n) is 11.1. The number of amides is 2. The summed E-state index contributed by atoms with van der Waals surface area (Å²) >= 11 is 0. The van der Waals surface area contributed by atoms with E-state index in [1.807, 2.05) is 33.7 Å². The molecule has 2 aromatic heterocycles. The molecule has 0 atom stereocenters. The van der Waals surface area contributed by atoms with Crippen LogP contribution in [0.3, 0.4) is 0 Å². The molecule has 0 saturated heterocycles. The summed E-state index contributed by atoms with van der Waals surface area (Å²) < 4.78 is 1.94. The Bertz CT molecular complexity index is 1050. The van der Waals surface area contributed by atoms with Crippen molar-refractivity contribution in [1.82, 2.24) is 24.3 Å². The quantitative estimate of drug-likeness (QED) is 0.512. The molecule has 0 fully saturated rings. The van der Waals surface area contributed by atoms with Gasteiger partial charge in [0, 0.05) is 32.5 Å². The van der Waals surface area contributed by atoms with E-state index >= 15 is 0 Å². The number of hydrogen-bond acceptors (Lipinski definition) is 4. The fourth-order valence-electron chi connectivity index (χ4n) is 3.81. The standard InChI is InChI=1S/C25H33N5O2/c1-18(2)14-29(15-19(3)4)24(31)17-30-22-11-7-6-10-21(22)27-23(30)16-28(5)25(32)20-9-8-12-26-13-20/h6-13,18-19H,14-17H2,1-5H3. The monoisotopic (exact) mass is 435 g/mol. The van der Waals surface area contributed by atoms with Crippen molar-refractivity contribution >= 4 is 22.8 Å². The van der Waals surface area contributed by atoms with Gasteiger partial charge < -0.3 is 14.4 Å². The third kappa shape index (κ3) is 5.72. The van der Waals surface area contributed by atoms with Crippen LogP contribution in [-0.4, -0.2) is 56.3 Å². The number of imidazole rings is 1. The highest BCUT2D eigenvalue weighted by Gasteiger charge is 2.22. The van der Waals surface area contributed by atoms with Gasteiger partial charge in [0.1, 0.15) is 12.4 Å². The fraction of sp³-hybridized carbons (Fsp3) is 0.440. The van der Waals surface area contributed by atoms with E-state index in [0.717, 1.165) is 24.1 Å². The number of carbonyl (C=O) groups excluding carboxylic acids is 2. The summed E-state index contributed by atoms with van der Waals surface area (Å²) in [7, 11) is 1.74. The van der Waals surface area contributed by atoms with E-state index in [0.29, 0.717) is 29.8 Å². The minimum absolute atomic E-state index is 0.0676. The number of aromatic nitrogens is 3. The van der Waals surface area contributed by atoms with Gasteiger partial charge in [0.05, 0.1) is 23.1 Å². The zero-order valence-corrected chi connectivity index (χ0v) is 19.7. The Morgan fingerprint density at radius 3 is 2.31 bits per heavy atom. The third-order valence-electron chi connectivity index (χ3n) is 5.18. The number of hydrogen-bond donors (Lipinski definition) is 0. The van der Waals surface area contributed by atoms with Crippen molar-refractivity contribution in [2.45, 2.75) is 40.8 Å². The van der Waals surface area contributed by atoms with Crippen molar-refractivity contribution in [3.8, 4) is 0 Å². The lowest BCUT2D eigenvalue weighted by Gasteiger charge is -2.27. The van der Waals surface area contributed by atoms with Crippen molar-refractivity contribution in [3.63, 3.8) is 0 Å². The molecule has 0 N–H and O–H groups in total. The van der Waals surface area contributed by atoms with E-state index in [1.54, 1.807) is 36.5 Å². The number of benzene rings is 1. The van der Waals surface area contributed by atoms with E-state index < -0.39 is 0 Å². The molecule has 7 nitrogen and oxygen atoms in total. The maximum absolute atomic E-state index is 13.3. The molecule has 0 aliphatic rings. The molecule has 0 radical (unpaired) electrons. The molecule has 2 heterocycles. The van der Waals surface area contributed by atoms with Gasteiger partial charge in [-0.05, 0) is 36.1 Å². The largest absolute Gasteiger partial charge is 0.341 e. The first-order valence-corrected chi connectivity index (χ1v) is 11.1. The van der Waals surface area contributed by atoms with Crippen LogP contribution in [0.4, 0.5) is 0 Å². The normalized spacial score (nSPS) is 11.3. The minimum Gasteiger partial charge on any atom is -0.341 e. The van der Waals surface area contributed by atoms with Crippen LogP contribution < -0.4 is 0 Å². The highest BCUT2D eigenvalue weighted by atomic mass is 16.2. The molecule has 32 heavy (non-hydrogen) atoms. The van der Waals surface area contributed by atoms with Crippen molar-refractivity contribution in [3.05, 3.63) is 60.2 Å².